The van der Waals surface area contributed by atoms with E-state index in [1.165, 1.54) is 26.2 Å². The number of nitrogens with zero attached hydrogens (tertiary/aromatic N) is 1. The molecule has 10 heteroatoms. The minimum atomic E-state index is -1.79. The standard InChI is InChI=1S/C21H36N4O6/c1-13(22)19(29)25(15(26)9-5-8-14-6-3-2-4-7-14)16(27)12-21(20(30)31)10-11-24-18(28)17(21)23/h13-14,17-18,24,28H,2-12,22-23H2,1H3,(H,30,31)/t13-,17-,18?,21?/m0/s1. The molecule has 1 aliphatic heterocycles. The van der Waals surface area contributed by atoms with Gasteiger partial charge in [-0.25, -0.2) is 4.90 Å². The lowest BCUT2D eigenvalue weighted by atomic mass is 9.71. The second kappa shape index (κ2) is 11.1. The normalized spacial score (nSPS) is 28.0. The summed E-state index contributed by atoms with van der Waals surface area (Å²) < 4.78 is 0. The van der Waals surface area contributed by atoms with Gasteiger partial charge in [-0.15, -0.1) is 0 Å². The molecular weight excluding hydrogens is 404 g/mol. The minimum absolute atomic E-state index is 0.0109. The van der Waals surface area contributed by atoms with Crippen molar-refractivity contribution in [1.29, 1.82) is 0 Å². The quantitative estimate of drug-likeness (QED) is 0.349. The maximum absolute atomic E-state index is 13.0. The van der Waals surface area contributed by atoms with Gasteiger partial charge in [-0.1, -0.05) is 32.1 Å². The van der Waals surface area contributed by atoms with Crippen molar-refractivity contribution in [3.63, 3.8) is 0 Å². The fraction of sp³-hybridized carbons (Fsp3) is 0.810. The molecule has 31 heavy (non-hydrogen) atoms. The summed E-state index contributed by atoms with van der Waals surface area (Å²) in [7, 11) is 0. The van der Waals surface area contributed by atoms with Crippen LogP contribution in [0, 0.1) is 11.3 Å². The maximum atomic E-state index is 13.0. The third-order valence-electron chi connectivity index (χ3n) is 6.63. The van der Waals surface area contributed by atoms with E-state index >= 15 is 0 Å². The number of nitrogens with one attached hydrogen (secondary N) is 1. The summed E-state index contributed by atoms with van der Waals surface area (Å²) in [5.41, 5.74) is 9.78. The van der Waals surface area contributed by atoms with Gasteiger partial charge in [0.1, 0.15) is 6.23 Å². The monoisotopic (exact) mass is 440 g/mol. The number of hydrogen-bond acceptors (Lipinski definition) is 8. The van der Waals surface area contributed by atoms with Crippen molar-refractivity contribution in [2.24, 2.45) is 22.8 Å². The molecule has 0 bridgehead atoms. The molecule has 2 aliphatic rings. The molecule has 1 aliphatic carbocycles. The Labute approximate surface area is 182 Å². The van der Waals surface area contributed by atoms with Crippen molar-refractivity contribution >= 4 is 23.7 Å². The van der Waals surface area contributed by atoms with Crippen LogP contribution >= 0.6 is 0 Å². The van der Waals surface area contributed by atoms with Crippen LogP contribution in [0.25, 0.3) is 0 Å². The number of rotatable bonds is 8. The van der Waals surface area contributed by atoms with Crippen molar-refractivity contribution in [3.05, 3.63) is 0 Å². The van der Waals surface area contributed by atoms with E-state index in [0.29, 0.717) is 17.2 Å². The zero-order chi connectivity index (χ0) is 23.2. The van der Waals surface area contributed by atoms with Gasteiger partial charge in [0.25, 0.3) is 5.91 Å². The molecule has 0 aromatic carbocycles. The Hall–Kier alpha value is -1.88. The van der Waals surface area contributed by atoms with Crippen LogP contribution in [0.1, 0.15) is 71.1 Å². The van der Waals surface area contributed by atoms with Gasteiger partial charge in [0.2, 0.25) is 11.8 Å². The first-order valence-electron chi connectivity index (χ1n) is 11.2. The molecule has 10 nitrogen and oxygen atoms in total. The van der Waals surface area contributed by atoms with E-state index < -0.39 is 53.8 Å². The highest BCUT2D eigenvalue weighted by Crippen LogP contribution is 2.35. The Morgan fingerprint density at radius 2 is 1.81 bits per heavy atom. The summed E-state index contributed by atoms with van der Waals surface area (Å²) in [4.78, 5) is 51.0. The van der Waals surface area contributed by atoms with Crippen molar-refractivity contribution in [2.45, 2.75) is 89.4 Å². The smallest absolute Gasteiger partial charge is 0.311 e. The number of aliphatic hydroxyl groups excluding tert-OH is 1. The van der Waals surface area contributed by atoms with Crippen LogP contribution in [0.15, 0.2) is 0 Å². The first-order chi connectivity index (χ1) is 14.6. The molecule has 7 N–H and O–H groups in total. The second-order valence-corrected chi connectivity index (χ2v) is 8.96. The van der Waals surface area contributed by atoms with E-state index in [2.05, 4.69) is 5.32 Å². The molecule has 2 unspecified atom stereocenters. The fourth-order valence-corrected chi connectivity index (χ4v) is 4.64. The predicted octanol–water partition coefficient (Wildman–Crippen LogP) is 0.0661. The van der Waals surface area contributed by atoms with Crippen molar-refractivity contribution in [2.75, 3.05) is 6.54 Å². The topological polar surface area (TPSA) is 176 Å². The van der Waals surface area contributed by atoms with Gasteiger partial charge in [-0.05, 0) is 38.6 Å². The predicted molar refractivity (Wildman–Crippen MR) is 112 cm³/mol. The van der Waals surface area contributed by atoms with Crippen LogP contribution in [0.4, 0.5) is 0 Å². The maximum Gasteiger partial charge on any atom is 0.311 e. The van der Waals surface area contributed by atoms with E-state index in [-0.39, 0.29) is 19.4 Å². The third-order valence-corrected chi connectivity index (χ3v) is 6.63. The Balaban J connectivity index is 2.12. The van der Waals surface area contributed by atoms with Crippen LogP contribution in [-0.4, -0.2) is 63.7 Å². The molecule has 1 heterocycles. The molecule has 3 amide bonds. The lowest BCUT2D eigenvalue weighted by molar-refractivity contribution is -0.165. The zero-order valence-corrected chi connectivity index (χ0v) is 18.2. The van der Waals surface area contributed by atoms with Crippen LogP contribution in [-0.2, 0) is 19.2 Å². The van der Waals surface area contributed by atoms with Gasteiger partial charge in [0.15, 0.2) is 0 Å². The Kier molecular flexibility index (Phi) is 9.11. The number of carboxylic acid groups (broad SMARTS) is 1. The van der Waals surface area contributed by atoms with Gasteiger partial charge < -0.3 is 21.7 Å². The number of aliphatic carboxylic acids is 1. The molecule has 0 aromatic heterocycles. The highest BCUT2D eigenvalue weighted by atomic mass is 16.4. The van der Waals surface area contributed by atoms with Crippen molar-refractivity contribution in [1.82, 2.24) is 10.2 Å². The highest BCUT2D eigenvalue weighted by molar-refractivity contribution is 6.12. The summed E-state index contributed by atoms with van der Waals surface area (Å²) in [5, 5.41) is 22.4. The van der Waals surface area contributed by atoms with Crippen LogP contribution in [0.5, 0.6) is 0 Å². The molecule has 2 rings (SSSR count). The number of hydrogen-bond donors (Lipinski definition) is 5. The van der Waals surface area contributed by atoms with E-state index in [4.69, 9.17) is 11.5 Å². The number of carboxylic acids is 1. The molecule has 1 saturated heterocycles. The zero-order valence-electron chi connectivity index (χ0n) is 18.2. The highest BCUT2D eigenvalue weighted by Gasteiger charge is 2.52. The fourth-order valence-electron chi connectivity index (χ4n) is 4.64. The first kappa shape index (κ1) is 25.4. The first-order valence-corrected chi connectivity index (χ1v) is 11.2. The lowest BCUT2D eigenvalue weighted by Crippen LogP contribution is -2.64. The number of aliphatic hydroxyl groups is 1. The number of nitrogens with two attached hydrogens (primary N) is 2. The summed E-state index contributed by atoms with van der Waals surface area (Å²) >= 11 is 0. The molecule has 2 fully saturated rings. The van der Waals surface area contributed by atoms with Gasteiger partial charge in [0, 0.05) is 12.8 Å². The Bertz CT molecular complexity index is 679. The molecule has 0 aromatic rings. The Morgan fingerprint density at radius 3 is 2.39 bits per heavy atom. The van der Waals surface area contributed by atoms with Crippen molar-refractivity contribution < 1.29 is 29.4 Å². The molecular formula is C21H36N4O6. The van der Waals surface area contributed by atoms with E-state index in [0.717, 1.165) is 19.3 Å². The van der Waals surface area contributed by atoms with Crippen molar-refractivity contribution in [3.8, 4) is 0 Å². The van der Waals surface area contributed by atoms with Crippen LogP contribution in [0.3, 0.4) is 0 Å². The molecule has 4 atom stereocenters. The van der Waals surface area contributed by atoms with E-state index in [9.17, 15) is 29.4 Å². The Morgan fingerprint density at radius 1 is 1.16 bits per heavy atom. The minimum Gasteiger partial charge on any atom is -0.481 e. The SMILES string of the molecule is C[C@H](N)C(=O)N(C(=O)CCCC1CCCCC1)C(=O)CC1(C(=O)O)CCNC(O)[C@@H]1N. The average molecular weight is 441 g/mol. The lowest BCUT2D eigenvalue weighted by Gasteiger charge is -2.42. The summed E-state index contributed by atoms with van der Waals surface area (Å²) in [6, 6.07) is -2.38. The molecule has 176 valence electrons. The average Bonchev–Trinajstić information content (AvgIpc) is 2.72. The summed E-state index contributed by atoms with van der Waals surface area (Å²) in [6.45, 7) is 1.50. The third kappa shape index (κ3) is 6.09. The summed E-state index contributed by atoms with van der Waals surface area (Å²) in [5.74, 6) is -3.29. The molecule has 0 spiro atoms. The number of carbonyl (C=O) groups excluding carboxylic acids is 3. The van der Waals surface area contributed by atoms with E-state index in [1.807, 2.05) is 0 Å². The molecule has 1 saturated carbocycles. The summed E-state index contributed by atoms with van der Waals surface area (Å²) in [6.07, 6.45) is 5.26. The van der Waals surface area contributed by atoms with Gasteiger partial charge in [0.05, 0.1) is 17.5 Å². The number of imide groups is 3. The second-order valence-electron chi connectivity index (χ2n) is 8.96. The van der Waals surface area contributed by atoms with E-state index in [1.54, 1.807) is 0 Å². The molecule has 0 radical (unpaired) electrons. The van der Waals surface area contributed by atoms with Gasteiger partial charge >= 0.3 is 5.97 Å². The largest absolute Gasteiger partial charge is 0.481 e. The van der Waals surface area contributed by atoms with Crippen LogP contribution in [0.2, 0.25) is 0 Å². The number of amides is 3. The number of carbonyl (C=O) groups is 4. The van der Waals surface area contributed by atoms with Gasteiger partial charge in [-0.2, -0.15) is 0 Å². The van der Waals surface area contributed by atoms with Crippen LogP contribution < -0.4 is 16.8 Å². The number of piperidine rings is 1. The van der Waals surface area contributed by atoms with Gasteiger partial charge in [-0.3, -0.25) is 24.5 Å².